The van der Waals surface area contributed by atoms with Crippen molar-refractivity contribution < 1.29 is 0 Å². The predicted molar refractivity (Wildman–Crippen MR) is 66.2 cm³/mol. The molecule has 0 aliphatic rings. The molecule has 0 heterocycles. The molecule has 0 rings (SSSR count). The molecule has 0 nitrogen and oxygen atoms in total. The van der Waals surface area contributed by atoms with Gasteiger partial charge in [-0.25, -0.2) is 0 Å². The Balaban J connectivity index is 4.43. The van der Waals surface area contributed by atoms with Crippen LogP contribution in [0.5, 0.6) is 0 Å². The normalized spacial score (nSPS) is 18.2. The van der Waals surface area contributed by atoms with E-state index in [4.69, 9.17) is 0 Å². The maximum absolute atomic E-state index is 2.42. The van der Waals surface area contributed by atoms with Crippen LogP contribution in [0.15, 0.2) is 0 Å². The third-order valence-corrected chi connectivity index (χ3v) is 3.99. The first-order valence-corrected chi connectivity index (χ1v) is 6.44. The van der Waals surface area contributed by atoms with Crippen molar-refractivity contribution in [2.24, 2.45) is 17.8 Å². The SMILES string of the molecule is CC[C](C)C(CC)C(CC)C(C)CC. The summed E-state index contributed by atoms with van der Waals surface area (Å²) in [5.74, 6) is 4.36. The second-order valence-electron chi connectivity index (χ2n) is 4.67. The summed E-state index contributed by atoms with van der Waals surface area (Å²) in [6.07, 6.45) is 5.24. The molecular weight excluding hydrogens is 168 g/mol. The smallest absolute Gasteiger partial charge is 0.0241 e. The van der Waals surface area contributed by atoms with Crippen molar-refractivity contribution in [2.75, 3.05) is 0 Å². The van der Waals surface area contributed by atoms with Crippen LogP contribution in [0.4, 0.5) is 0 Å². The van der Waals surface area contributed by atoms with Crippen LogP contribution in [0, 0.1) is 23.7 Å². The maximum Gasteiger partial charge on any atom is -0.0241 e. The molecule has 3 atom stereocenters. The Hall–Kier alpha value is 0. The van der Waals surface area contributed by atoms with E-state index in [0.717, 1.165) is 17.8 Å². The first-order chi connectivity index (χ1) is 6.62. The quantitative estimate of drug-likeness (QED) is 0.533. The summed E-state index contributed by atoms with van der Waals surface area (Å²) in [6, 6.07) is 0. The summed E-state index contributed by atoms with van der Waals surface area (Å²) in [6.45, 7) is 14.1. The maximum atomic E-state index is 2.42. The lowest BCUT2D eigenvalue weighted by Gasteiger charge is -2.33. The Morgan fingerprint density at radius 2 is 1.50 bits per heavy atom. The van der Waals surface area contributed by atoms with Crippen molar-refractivity contribution in [3.8, 4) is 0 Å². The molecule has 0 amide bonds. The van der Waals surface area contributed by atoms with Crippen LogP contribution in [0.2, 0.25) is 0 Å². The van der Waals surface area contributed by atoms with E-state index in [1.165, 1.54) is 25.7 Å². The van der Waals surface area contributed by atoms with Gasteiger partial charge in [-0.2, -0.15) is 0 Å². The minimum absolute atomic E-state index is 0.861. The van der Waals surface area contributed by atoms with Crippen molar-refractivity contribution in [2.45, 2.75) is 67.2 Å². The summed E-state index contributed by atoms with van der Waals surface area (Å²) in [4.78, 5) is 0. The van der Waals surface area contributed by atoms with Crippen LogP contribution in [0.25, 0.3) is 0 Å². The van der Waals surface area contributed by atoms with E-state index < -0.39 is 0 Å². The van der Waals surface area contributed by atoms with E-state index in [1.54, 1.807) is 5.92 Å². The largest absolute Gasteiger partial charge is 0.0651 e. The lowest BCUT2D eigenvalue weighted by Crippen LogP contribution is -2.24. The molecule has 0 heteroatoms. The van der Waals surface area contributed by atoms with Gasteiger partial charge in [0, 0.05) is 0 Å². The van der Waals surface area contributed by atoms with Crippen LogP contribution < -0.4 is 0 Å². The Morgan fingerprint density at radius 1 is 0.929 bits per heavy atom. The molecule has 0 spiro atoms. The highest BCUT2D eigenvalue weighted by Crippen LogP contribution is 2.36. The zero-order chi connectivity index (χ0) is 11.1. The van der Waals surface area contributed by atoms with Gasteiger partial charge in [0.15, 0.2) is 0 Å². The molecule has 14 heavy (non-hydrogen) atoms. The van der Waals surface area contributed by atoms with Gasteiger partial charge in [-0.05, 0) is 30.1 Å². The molecule has 0 saturated carbocycles. The molecule has 85 valence electrons. The highest BCUT2D eigenvalue weighted by Gasteiger charge is 2.26. The first-order valence-electron chi connectivity index (χ1n) is 6.44. The monoisotopic (exact) mass is 197 g/mol. The average Bonchev–Trinajstić information content (AvgIpc) is 2.23. The van der Waals surface area contributed by atoms with E-state index in [2.05, 4.69) is 41.5 Å². The molecule has 0 aliphatic carbocycles. The minimum Gasteiger partial charge on any atom is -0.0651 e. The fourth-order valence-corrected chi connectivity index (χ4v) is 2.67. The van der Waals surface area contributed by atoms with Gasteiger partial charge in [0.05, 0.1) is 0 Å². The molecule has 1 radical (unpaired) electrons. The zero-order valence-electron chi connectivity index (χ0n) is 11.1. The average molecular weight is 197 g/mol. The van der Waals surface area contributed by atoms with Crippen LogP contribution in [-0.2, 0) is 0 Å². The highest BCUT2D eigenvalue weighted by molar-refractivity contribution is 4.94. The predicted octanol–water partition coefficient (Wildman–Crippen LogP) is 5.09. The zero-order valence-corrected chi connectivity index (χ0v) is 11.1. The van der Waals surface area contributed by atoms with Crippen LogP contribution in [0.3, 0.4) is 0 Å². The Bertz CT molecular complexity index is 112. The lowest BCUT2D eigenvalue weighted by atomic mass is 9.72. The van der Waals surface area contributed by atoms with Crippen molar-refractivity contribution in [3.05, 3.63) is 5.92 Å². The van der Waals surface area contributed by atoms with E-state index >= 15 is 0 Å². The van der Waals surface area contributed by atoms with Gasteiger partial charge in [0.2, 0.25) is 0 Å². The molecule has 0 aromatic heterocycles. The molecule has 0 aromatic carbocycles. The number of hydrogen-bond acceptors (Lipinski definition) is 0. The van der Waals surface area contributed by atoms with E-state index in [0.29, 0.717) is 0 Å². The molecule has 3 unspecified atom stereocenters. The number of hydrogen-bond donors (Lipinski definition) is 0. The van der Waals surface area contributed by atoms with Crippen molar-refractivity contribution >= 4 is 0 Å². The standard InChI is InChI=1S/C14H29/c1-7-11(5)13(9-3)14(10-4)12(6)8-2/h11,13-14H,7-10H2,1-6H3. The summed E-state index contributed by atoms with van der Waals surface area (Å²) in [7, 11) is 0. The third-order valence-electron chi connectivity index (χ3n) is 3.99. The lowest BCUT2D eigenvalue weighted by molar-refractivity contribution is 0.225. The molecule has 0 saturated heterocycles. The minimum atomic E-state index is 0.861. The first kappa shape index (κ1) is 14.0. The molecule has 0 aromatic rings. The van der Waals surface area contributed by atoms with Gasteiger partial charge in [-0.3, -0.25) is 0 Å². The fourth-order valence-electron chi connectivity index (χ4n) is 2.67. The fraction of sp³-hybridized carbons (Fsp3) is 0.929. The Labute approximate surface area is 91.5 Å². The second kappa shape index (κ2) is 7.31. The second-order valence-corrected chi connectivity index (χ2v) is 4.67. The van der Waals surface area contributed by atoms with Gasteiger partial charge in [-0.1, -0.05) is 60.8 Å². The summed E-state index contributed by atoms with van der Waals surface area (Å²) < 4.78 is 0. The van der Waals surface area contributed by atoms with Crippen molar-refractivity contribution in [1.82, 2.24) is 0 Å². The summed E-state index contributed by atoms with van der Waals surface area (Å²) in [5.41, 5.74) is 0. The molecule has 0 N–H and O–H groups in total. The van der Waals surface area contributed by atoms with Gasteiger partial charge >= 0.3 is 0 Å². The topological polar surface area (TPSA) is 0 Å². The van der Waals surface area contributed by atoms with Crippen LogP contribution in [0.1, 0.15) is 67.2 Å². The summed E-state index contributed by atoms with van der Waals surface area (Å²) >= 11 is 0. The van der Waals surface area contributed by atoms with E-state index in [-0.39, 0.29) is 0 Å². The third kappa shape index (κ3) is 3.63. The molecule has 0 aliphatic heterocycles. The van der Waals surface area contributed by atoms with Gasteiger partial charge in [0.25, 0.3) is 0 Å². The van der Waals surface area contributed by atoms with Crippen LogP contribution in [-0.4, -0.2) is 0 Å². The molecule has 0 fully saturated rings. The highest BCUT2D eigenvalue weighted by atomic mass is 14.3. The van der Waals surface area contributed by atoms with Gasteiger partial charge < -0.3 is 0 Å². The van der Waals surface area contributed by atoms with Gasteiger partial charge in [0.1, 0.15) is 0 Å². The molecular formula is C14H29. The Morgan fingerprint density at radius 3 is 1.79 bits per heavy atom. The number of rotatable bonds is 7. The van der Waals surface area contributed by atoms with Gasteiger partial charge in [-0.15, -0.1) is 0 Å². The van der Waals surface area contributed by atoms with Crippen molar-refractivity contribution in [3.63, 3.8) is 0 Å². The summed E-state index contributed by atoms with van der Waals surface area (Å²) in [5, 5.41) is 0. The molecule has 0 bridgehead atoms. The Kier molecular flexibility index (Phi) is 7.31. The van der Waals surface area contributed by atoms with Crippen LogP contribution >= 0.6 is 0 Å². The van der Waals surface area contributed by atoms with E-state index in [1.807, 2.05) is 0 Å². The van der Waals surface area contributed by atoms with E-state index in [9.17, 15) is 0 Å². The van der Waals surface area contributed by atoms with Crippen molar-refractivity contribution in [1.29, 1.82) is 0 Å².